The Kier molecular flexibility index (Phi) is 8.69. The first-order valence-corrected chi connectivity index (χ1v) is 9.70. The minimum Gasteiger partial charge on any atom is -0.481 e. The molecule has 1 fully saturated rings. The Morgan fingerprint density at radius 2 is 1.86 bits per heavy atom. The number of rotatable bonds is 7. The molecule has 1 aliphatic heterocycles. The van der Waals surface area contributed by atoms with Gasteiger partial charge in [0.15, 0.2) is 18.2 Å². The first kappa shape index (κ1) is 22.1. The van der Waals surface area contributed by atoms with Crippen molar-refractivity contribution >= 4 is 35.6 Å². The Balaban J connectivity index is 0.00000280. The number of thiophene rings is 1. The number of nitrogens with one attached hydrogen (secondary N) is 1. The van der Waals surface area contributed by atoms with Crippen molar-refractivity contribution in [2.75, 3.05) is 45.9 Å². The van der Waals surface area contributed by atoms with Crippen LogP contribution in [-0.4, -0.2) is 67.5 Å². The number of carbonyl (C=O) groups excluding carboxylic acids is 2. The molecule has 0 unspecified atom stereocenters. The van der Waals surface area contributed by atoms with Gasteiger partial charge < -0.3 is 15.0 Å². The normalized spacial score (nSPS) is 14.2. The van der Waals surface area contributed by atoms with E-state index in [-0.39, 0.29) is 36.6 Å². The van der Waals surface area contributed by atoms with Gasteiger partial charge in [-0.3, -0.25) is 14.5 Å². The quantitative estimate of drug-likeness (QED) is 0.736. The number of carbonyl (C=O) groups is 2. The van der Waals surface area contributed by atoms with E-state index in [1.807, 2.05) is 22.4 Å². The molecule has 0 spiro atoms. The number of hydrogen-bond acceptors (Lipinski definition) is 5. The first-order valence-electron chi connectivity index (χ1n) is 8.82. The molecule has 1 saturated heterocycles. The predicted molar refractivity (Wildman–Crippen MR) is 109 cm³/mol. The van der Waals surface area contributed by atoms with Crippen molar-refractivity contribution in [3.05, 3.63) is 52.5 Å². The van der Waals surface area contributed by atoms with Crippen molar-refractivity contribution in [2.24, 2.45) is 0 Å². The van der Waals surface area contributed by atoms with Gasteiger partial charge in [0.05, 0.1) is 4.88 Å². The summed E-state index contributed by atoms with van der Waals surface area (Å²) < 4.78 is 18.6. The Labute approximate surface area is 173 Å². The molecule has 0 atom stereocenters. The molecule has 2 amide bonds. The molecule has 2 heterocycles. The monoisotopic (exact) mass is 427 g/mol. The maximum atomic E-state index is 13.4. The zero-order chi connectivity index (χ0) is 19.1. The van der Waals surface area contributed by atoms with Gasteiger partial charge in [0, 0.05) is 39.3 Å². The van der Waals surface area contributed by atoms with Crippen molar-refractivity contribution in [1.82, 2.24) is 15.1 Å². The summed E-state index contributed by atoms with van der Waals surface area (Å²) in [5.41, 5.74) is 0. The van der Waals surface area contributed by atoms with Crippen LogP contribution in [0.1, 0.15) is 9.67 Å². The van der Waals surface area contributed by atoms with Crippen LogP contribution in [0.2, 0.25) is 0 Å². The first-order chi connectivity index (χ1) is 13.1. The fraction of sp³-hybridized carbons (Fsp3) is 0.368. The third-order valence-electron chi connectivity index (χ3n) is 4.34. The van der Waals surface area contributed by atoms with Crippen molar-refractivity contribution in [3.63, 3.8) is 0 Å². The van der Waals surface area contributed by atoms with Crippen molar-refractivity contribution < 1.29 is 18.7 Å². The average Bonchev–Trinajstić information content (AvgIpc) is 3.22. The van der Waals surface area contributed by atoms with E-state index >= 15 is 0 Å². The summed E-state index contributed by atoms with van der Waals surface area (Å²) in [6.07, 6.45) is 0. The van der Waals surface area contributed by atoms with Crippen molar-refractivity contribution in [3.8, 4) is 5.75 Å². The molecular formula is C19H23ClFN3O3S. The summed E-state index contributed by atoms with van der Waals surface area (Å²) >= 11 is 1.46. The maximum Gasteiger partial charge on any atom is 0.264 e. The fourth-order valence-electron chi connectivity index (χ4n) is 2.84. The van der Waals surface area contributed by atoms with E-state index in [1.54, 1.807) is 12.1 Å². The maximum absolute atomic E-state index is 13.4. The van der Waals surface area contributed by atoms with Crippen LogP contribution in [0.15, 0.2) is 41.8 Å². The number of halogens is 2. The minimum atomic E-state index is -0.486. The number of para-hydroxylation sites is 1. The molecule has 1 aromatic heterocycles. The summed E-state index contributed by atoms with van der Waals surface area (Å²) in [6.45, 7) is 3.88. The lowest BCUT2D eigenvalue weighted by atomic mass is 10.3. The molecule has 1 N–H and O–H groups in total. The van der Waals surface area contributed by atoms with Gasteiger partial charge in [-0.15, -0.1) is 23.7 Å². The van der Waals surface area contributed by atoms with Crippen LogP contribution in [0.25, 0.3) is 0 Å². The number of amides is 2. The molecule has 2 aromatic rings. The van der Waals surface area contributed by atoms with Gasteiger partial charge in [-0.25, -0.2) is 4.39 Å². The van der Waals surface area contributed by atoms with Crippen molar-refractivity contribution in [2.45, 2.75) is 0 Å². The Morgan fingerprint density at radius 1 is 1.11 bits per heavy atom. The Hall–Kier alpha value is -2.16. The van der Waals surface area contributed by atoms with E-state index < -0.39 is 5.82 Å². The molecule has 6 nitrogen and oxygen atoms in total. The van der Waals surface area contributed by atoms with E-state index in [0.717, 1.165) is 18.0 Å². The molecule has 28 heavy (non-hydrogen) atoms. The Morgan fingerprint density at radius 3 is 2.54 bits per heavy atom. The van der Waals surface area contributed by atoms with Crippen molar-refractivity contribution in [1.29, 1.82) is 0 Å². The van der Waals surface area contributed by atoms with Crippen LogP contribution in [0.4, 0.5) is 4.39 Å². The van der Waals surface area contributed by atoms with Gasteiger partial charge in [-0.1, -0.05) is 18.2 Å². The van der Waals surface area contributed by atoms with Gasteiger partial charge in [0.25, 0.3) is 11.8 Å². The highest BCUT2D eigenvalue weighted by Gasteiger charge is 2.22. The second kappa shape index (κ2) is 11.0. The standard InChI is InChI=1S/C19H22FN3O3S.ClH/c20-15-4-1-2-5-16(15)26-14-18(24)21-7-8-22-9-11-23(12-10-22)19(25)17-6-3-13-27-17;/h1-6,13H,7-12,14H2,(H,21,24);1H. The van der Waals surface area contributed by atoms with Gasteiger partial charge in [0.1, 0.15) is 0 Å². The smallest absolute Gasteiger partial charge is 0.264 e. The zero-order valence-corrected chi connectivity index (χ0v) is 16.9. The van der Waals surface area contributed by atoms with Crippen LogP contribution in [0.5, 0.6) is 5.75 Å². The third kappa shape index (κ3) is 6.19. The average molecular weight is 428 g/mol. The molecular weight excluding hydrogens is 405 g/mol. The van der Waals surface area contributed by atoms with E-state index in [4.69, 9.17) is 4.74 Å². The van der Waals surface area contributed by atoms with E-state index in [1.165, 1.54) is 23.5 Å². The SMILES string of the molecule is Cl.O=C(COc1ccccc1F)NCCN1CCN(C(=O)c2cccs2)CC1. The lowest BCUT2D eigenvalue weighted by Gasteiger charge is -2.34. The van der Waals surface area contributed by atoms with Crippen LogP contribution in [0.3, 0.4) is 0 Å². The van der Waals surface area contributed by atoms with Gasteiger partial charge in [-0.2, -0.15) is 0 Å². The molecule has 1 aliphatic rings. The molecule has 1 aromatic carbocycles. The molecule has 0 radical (unpaired) electrons. The second-order valence-corrected chi connectivity index (χ2v) is 7.13. The molecule has 3 rings (SSSR count). The summed E-state index contributed by atoms with van der Waals surface area (Å²) in [5.74, 6) is -0.618. The summed E-state index contributed by atoms with van der Waals surface area (Å²) in [4.78, 5) is 29.0. The van der Waals surface area contributed by atoms with Crippen LogP contribution in [-0.2, 0) is 4.79 Å². The number of hydrogen-bond donors (Lipinski definition) is 1. The number of ether oxygens (including phenoxy) is 1. The second-order valence-electron chi connectivity index (χ2n) is 6.18. The summed E-state index contributed by atoms with van der Waals surface area (Å²) in [5, 5.41) is 4.67. The fourth-order valence-corrected chi connectivity index (χ4v) is 3.53. The van der Waals surface area contributed by atoms with Crippen LogP contribution >= 0.6 is 23.7 Å². The van der Waals surface area contributed by atoms with Gasteiger partial charge in [0.2, 0.25) is 0 Å². The topological polar surface area (TPSA) is 61.9 Å². The molecule has 152 valence electrons. The zero-order valence-electron chi connectivity index (χ0n) is 15.3. The van der Waals surface area contributed by atoms with E-state index in [0.29, 0.717) is 26.2 Å². The summed E-state index contributed by atoms with van der Waals surface area (Å²) in [6, 6.07) is 9.72. The van der Waals surface area contributed by atoms with Gasteiger partial charge >= 0.3 is 0 Å². The highest BCUT2D eigenvalue weighted by molar-refractivity contribution is 7.12. The van der Waals surface area contributed by atoms with E-state index in [9.17, 15) is 14.0 Å². The lowest BCUT2D eigenvalue weighted by Crippen LogP contribution is -2.50. The molecule has 0 bridgehead atoms. The minimum absolute atomic E-state index is 0. The van der Waals surface area contributed by atoms with Crippen LogP contribution in [0, 0.1) is 5.82 Å². The number of piperazine rings is 1. The lowest BCUT2D eigenvalue weighted by molar-refractivity contribution is -0.123. The highest BCUT2D eigenvalue weighted by atomic mass is 35.5. The highest BCUT2D eigenvalue weighted by Crippen LogP contribution is 2.15. The van der Waals surface area contributed by atoms with Gasteiger partial charge in [-0.05, 0) is 23.6 Å². The number of benzene rings is 1. The van der Waals surface area contributed by atoms with E-state index in [2.05, 4.69) is 10.2 Å². The summed E-state index contributed by atoms with van der Waals surface area (Å²) in [7, 11) is 0. The van der Waals surface area contributed by atoms with Crippen LogP contribution < -0.4 is 10.1 Å². The number of nitrogens with zero attached hydrogens (tertiary/aromatic N) is 2. The Bertz CT molecular complexity index is 768. The molecule has 0 aliphatic carbocycles. The molecule has 9 heteroatoms. The molecule has 0 saturated carbocycles. The largest absolute Gasteiger partial charge is 0.481 e. The predicted octanol–water partition coefficient (Wildman–Crippen LogP) is 2.26. The third-order valence-corrected chi connectivity index (χ3v) is 5.19.